The average molecular weight is 429 g/mol. The molecule has 0 radical (unpaired) electrons. The van der Waals surface area contributed by atoms with Crippen LogP contribution in [0.3, 0.4) is 0 Å². The van der Waals surface area contributed by atoms with Crippen LogP contribution in [0.25, 0.3) is 0 Å². The van der Waals surface area contributed by atoms with E-state index in [-0.39, 0.29) is 5.60 Å². The second-order valence-corrected chi connectivity index (χ2v) is 13.9. The van der Waals surface area contributed by atoms with E-state index in [4.69, 9.17) is 4.74 Å². The summed E-state index contributed by atoms with van der Waals surface area (Å²) in [5, 5.41) is 11.2. The SMILES string of the molecule is CC12CCC3C(CCC4COCCC43C)C1CCC2CCCC1(O)CCC2(CC1)CC2. The first kappa shape index (κ1) is 21.5. The Morgan fingerprint density at radius 3 is 2.29 bits per heavy atom. The molecule has 6 fully saturated rings. The third-order valence-electron chi connectivity index (χ3n) is 12.8. The minimum absolute atomic E-state index is 0.319. The Morgan fingerprint density at radius 2 is 1.52 bits per heavy atom. The van der Waals surface area contributed by atoms with E-state index in [1.165, 1.54) is 83.5 Å². The molecule has 1 saturated heterocycles. The van der Waals surface area contributed by atoms with Gasteiger partial charge in [-0.25, -0.2) is 0 Å². The fraction of sp³-hybridized carbons (Fsp3) is 1.00. The van der Waals surface area contributed by atoms with E-state index in [1.807, 2.05) is 0 Å². The highest BCUT2D eigenvalue weighted by atomic mass is 16.5. The molecule has 0 aromatic heterocycles. The molecule has 5 aliphatic carbocycles. The van der Waals surface area contributed by atoms with Crippen molar-refractivity contribution in [1.29, 1.82) is 0 Å². The van der Waals surface area contributed by atoms with E-state index in [2.05, 4.69) is 13.8 Å². The van der Waals surface area contributed by atoms with E-state index >= 15 is 0 Å². The molecule has 2 nitrogen and oxygen atoms in total. The number of fused-ring (bicyclic) bond motifs is 5. The molecule has 1 N–H and O–H groups in total. The van der Waals surface area contributed by atoms with E-state index in [0.717, 1.165) is 62.1 Å². The lowest BCUT2D eigenvalue weighted by Gasteiger charge is -2.60. The highest BCUT2D eigenvalue weighted by Gasteiger charge is 2.59. The van der Waals surface area contributed by atoms with Gasteiger partial charge in [-0.15, -0.1) is 0 Å². The Kier molecular flexibility index (Phi) is 5.16. The lowest BCUT2D eigenvalue weighted by atomic mass is 9.46. The van der Waals surface area contributed by atoms with Crippen molar-refractivity contribution >= 4 is 0 Å². The number of hydrogen-bond donors (Lipinski definition) is 1. The van der Waals surface area contributed by atoms with Crippen molar-refractivity contribution < 1.29 is 9.84 Å². The standard InChI is InChI=1S/C29H48O2/c1-26-11-9-25-23(7-5-22-20-31-19-18-27(22,25)2)24(26)8-6-21(26)4-3-10-29(30)16-14-28(12-13-28)15-17-29/h21-25,30H,3-20H2,1-2H3. The quantitative estimate of drug-likeness (QED) is 0.516. The summed E-state index contributed by atoms with van der Waals surface area (Å²) in [4.78, 5) is 0. The van der Waals surface area contributed by atoms with Crippen LogP contribution in [0.15, 0.2) is 0 Å². The summed E-state index contributed by atoms with van der Waals surface area (Å²) in [6.45, 7) is 7.37. The maximum atomic E-state index is 11.2. The fourth-order valence-corrected chi connectivity index (χ4v) is 10.1. The van der Waals surface area contributed by atoms with Crippen molar-refractivity contribution in [3.8, 4) is 0 Å². The summed E-state index contributed by atoms with van der Waals surface area (Å²) >= 11 is 0. The largest absolute Gasteiger partial charge is 0.390 e. The van der Waals surface area contributed by atoms with Crippen LogP contribution in [0.4, 0.5) is 0 Å². The summed E-state index contributed by atoms with van der Waals surface area (Å²) in [5.74, 6) is 4.67. The Morgan fingerprint density at radius 1 is 0.774 bits per heavy atom. The molecular weight excluding hydrogens is 380 g/mol. The highest BCUT2D eigenvalue weighted by Crippen LogP contribution is 2.67. The molecule has 1 aliphatic heterocycles. The molecule has 1 spiro atoms. The zero-order valence-corrected chi connectivity index (χ0v) is 20.5. The van der Waals surface area contributed by atoms with E-state index in [0.29, 0.717) is 16.2 Å². The zero-order chi connectivity index (χ0) is 21.3. The number of aliphatic hydroxyl groups is 1. The van der Waals surface area contributed by atoms with Crippen molar-refractivity contribution in [3.63, 3.8) is 0 Å². The van der Waals surface area contributed by atoms with E-state index < -0.39 is 0 Å². The summed E-state index contributed by atoms with van der Waals surface area (Å²) in [5.41, 5.74) is 1.52. The van der Waals surface area contributed by atoms with Gasteiger partial charge in [0.2, 0.25) is 0 Å². The monoisotopic (exact) mass is 428 g/mol. The van der Waals surface area contributed by atoms with Gasteiger partial charge >= 0.3 is 0 Å². The molecule has 0 aromatic carbocycles. The number of ether oxygens (including phenoxy) is 1. The van der Waals surface area contributed by atoms with E-state index in [9.17, 15) is 5.11 Å². The maximum absolute atomic E-state index is 11.2. The van der Waals surface area contributed by atoms with Gasteiger partial charge in [0, 0.05) is 13.2 Å². The smallest absolute Gasteiger partial charge is 0.0648 e. The maximum Gasteiger partial charge on any atom is 0.0648 e. The molecule has 1 heterocycles. The van der Waals surface area contributed by atoms with Crippen LogP contribution in [0.2, 0.25) is 0 Å². The van der Waals surface area contributed by atoms with Crippen molar-refractivity contribution in [2.24, 2.45) is 45.8 Å². The number of rotatable bonds is 4. The van der Waals surface area contributed by atoms with Crippen LogP contribution in [0, 0.1) is 45.8 Å². The Bertz CT molecular complexity index is 672. The van der Waals surface area contributed by atoms with Crippen LogP contribution in [-0.2, 0) is 4.74 Å². The molecule has 2 heteroatoms. The minimum atomic E-state index is -0.319. The summed E-state index contributed by atoms with van der Waals surface area (Å²) in [7, 11) is 0. The normalized spacial score (nSPS) is 49.8. The van der Waals surface area contributed by atoms with Gasteiger partial charge < -0.3 is 9.84 Å². The van der Waals surface area contributed by atoms with Crippen molar-refractivity contribution in [2.75, 3.05) is 13.2 Å². The lowest BCUT2D eigenvalue weighted by molar-refractivity contribution is -0.147. The summed E-state index contributed by atoms with van der Waals surface area (Å²) in [6.07, 6.45) is 21.5. The lowest BCUT2D eigenvalue weighted by Crippen LogP contribution is -2.54. The van der Waals surface area contributed by atoms with Gasteiger partial charge in [0.1, 0.15) is 0 Å². The van der Waals surface area contributed by atoms with Crippen LogP contribution >= 0.6 is 0 Å². The van der Waals surface area contributed by atoms with Gasteiger partial charge in [-0.3, -0.25) is 0 Å². The summed E-state index contributed by atoms with van der Waals surface area (Å²) < 4.78 is 5.90. The van der Waals surface area contributed by atoms with Crippen LogP contribution < -0.4 is 0 Å². The van der Waals surface area contributed by atoms with Gasteiger partial charge in [-0.05, 0) is 142 Å². The number of hydrogen-bond acceptors (Lipinski definition) is 2. The molecule has 7 unspecified atom stereocenters. The molecule has 176 valence electrons. The van der Waals surface area contributed by atoms with Gasteiger partial charge in [-0.2, -0.15) is 0 Å². The Hall–Kier alpha value is -0.0800. The third kappa shape index (κ3) is 3.48. The van der Waals surface area contributed by atoms with Crippen LogP contribution in [0.5, 0.6) is 0 Å². The molecular formula is C29H48O2. The highest BCUT2D eigenvalue weighted by molar-refractivity contribution is 5.08. The molecule has 0 amide bonds. The molecule has 5 saturated carbocycles. The molecule has 31 heavy (non-hydrogen) atoms. The first-order valence-corrected chi connectivity index (χ1v) is 14.2. The third-order valence-corrected chi connectivity index (χ3v) is 12.8. The fourth-order valence-electron chi connectivity index (χ4n) is 10.1. The molecule has 7 atom stereocenters. The first-order valence-electron chi connectivity index (χ1n) is 14.2. The van der Waals surface area contributed by atoms with Gasteiger partial charge in [-0.1, -0.05) is 20.3 Å². The zero-order valence-electron chi connectivity index (χ0n) is 20.5. The van der Waals surface area contributed by atoms with Crippen molar-refractivity contribution in [2.45, 2.75) is 122 Å². The summed E-state index contributed by atoms with van der Waals surface area (Å²) in [6, 6.07) is 0. The molecule has 0 bridgehead atoms. The topological polar surface area (TPSA) is 29.5 Å². The van der Waals surface area contributed by atoms with Crippen molar-refractivity contribution in [1.82, 2.24) is 0 Å². The van der Waals surface area contributed by atoms with Crippen molar-refractivity contribution in [3.05, 3.63) is 0 Å². The minimum Gasteiger partial charge on any atom is -0.390 e. The average Bonchev–Trinajstić information content (AvgIpc) is 3.44. The molecule has 6 aliphatic rings. The van der Waals surface area contributed by atoms with E-state index in [1.54, 1.807) is 0 Å². The second-order valence-electron chi connectivity index (χ2n) is 13.9. The molecule has 6 rings (SSSR count). The molecule has 0 aromatic rings. The van der Waals surface area contributed by atoms with Gasteiger partial charge in [0.25, 0.3) is 0 Å². The Labute approximate surface area is 191 Å². The van der Waals surface area contributed by atoms with Gasteiger partial charge in [0.15, 0.2) is 0 Å². The predicted octanol–water partition coefficient (Wildman–Crippen LogP) is 7.14. The van der Waals surface area contributed by atoms with Crippen LogP contribution in [0.1, 0.15) is 117 Å². The first-order chi connectivity index (χ1) is 14.9. The van der Waals surface area contributed by atoms with Crippen LogP contribution in [-0.4, -0.2) is 23.9 Å². The Balaban J connectivity index is 1.08. The predicted molar refractivity (Wildman–Crippen MR) is 126 cm³/mol. The van der Waals surface area contributed by atoms with Gasteiger partial charge in [0.05, 0.1) is 5.60 Å². The second kappa shape index (κ2) is 7.46.